The van der Waals surface area contributed by atoms with Crippen molar-refractivity contribution >= 4 is 12.3 Å². The van der Waals surface area contributed by atoms with Crippen molar-refractivity contribution in [2.45, 2.75) is 0 Å². The normalized spacial score (nSPS) is 17.4. The molecule has 0 radical (unpaired) electrons. The maximum Gasteiger partial charge on any atom is -0.0258 e. The zero-order valence-corrected chi connectivity index (χ0v) is 7.09. The molecule has 0 amide bonds. The number of hydrogen-bond donors (Lipinski definition) is 0. The molecule has 2 nitrogen and oxygen atoms in total. The highest BCUT2D eigenvalue weighted by Gasteiger charge is 1.85. The van der Waals surface area contributed by atoms with E-state index in [-0.39, 0.29) is 0 Å². The molecule has 1 aromatic carbocycles. The van der Waals surface area contributed by atoms with Crippen molar-refractivity contribution in [1.82, 2.24) is 0 Å². The second-order valence-corrected chi connectivity index (χ2v) is 2.66. The Bertz CT molecular complexity index is 361. The first-order valence-electron chi connectivity index (χ1n) is 4.12. The average Bonchev–Trinajstić information content (AvgIpc) is 2.21. The van der Waals surface area contributed by atoms with Gasteiger partial charge in [0.15, 0.2) is 0 Å². The van der Waals surface area contributed by atoms with Crippen LogP contribution in [-0.2, 0) is 0 Å². The molecule has 1 aliphatic heterocycles. The van der Waals surface area contributed by atoms with Crippen LogP contribution in [0.25, 0.3) is 11.4 Å². The first-order valence-corrected chi connectivity index (χ1v) is 4.12. The molecule has 13 heavy (non-hydrogen) atoms. The van der Waals surface area contributed by atoms with Gasteiger partial charge in [-0.25, -0.2) is 0 Å². The van der Waals surface area contributed by atoms with Crippen molar-refractivity contribution in [3.8, 4) is 0 Å². The van der Waals surface area contributed by atoms with Crippen molar-refractivity contribution in [3.63, 3.8) is 0 Å². The number of rotatable bonds is 1. The summed E-state index contributed by atoms with van der Waals surface area (Å²) in [6.45, 7) is 0. The predicted octanol–water partition coefficient (Wildman–Crippen LogP) is 2.96. The largest absolute Gasteiger partial charge is 0.443 e. The SMILES string of the molecule is C1=C[N-]C(=Cc2ccccc2)N=C1. The number of hydrogen-bond acceptors (Lipinski definition) is 1. The summed E-state index contributed by atoms with van der Waals surface area (Å²) in [6.07, 6.45) is 7.23. The molecule has 0 bridgehead atoms. The maximum atomic E-state index is 4.11. The van der Waals surface area contributed by atoms with Crippen molar-refractivity contribution in [2.24, 2.45) is 4.99 Å². The molecular weight excluding hydrogens is 160 g/mol. The minimum Gasteiger partial charge on any atom is -0.443 e. The highest BCUT2D eigenvalue weighted by atomic mass is 15.0. The maximum absolute atomic E-state index is 4.11. The molecule has 0 saturated heterocycles. The molecule has 0 fully saturated rings. The van der Waals surface area contributed by atoms with Crippen LogP contribution in [0, 0.1) is 0 Å². The molecule has 0 saturated carbocycles. The smallest absolute Gasteiger partial charge is 0.0258 e. The Morgan fingerprint density at radius 1 is 1.15 bits per heavy atom. The van der Waals surface area contributed by atoms with Crippen LogP contribution in [0.1, 0.15) is 5.56 Å². The van der Waals surface area contributed by atoms with Gasteiger partial charge in [0, 0.05) is 0 Å². The topological polar surface area (TPSA) is 26.5 Å². The molecule has 0 unspecified atom stereocenters. The van der Waals surface area contributed by atoms with Gasteiger partial charge in [0.2, 0.25) is 0 Å². The highest BCUT2D eigenvalue weighted by Crippen LogP contribution is 2.15. The lowest BCUT2D eigenvalue weighted by Crippen LogP contribution is -1.81. The minimum atomic E-state index is 0.744. The third kappa shape index (κ3) is 2.06. The van der Waals surface area contributed by atoms with Crippen LogP contribution in [0.2, 0.25) is 0 Å². The lowest BCUT2D eigenvalue weighted by molar-refractivity contribution is 1.38. The molecule has 0 N–H and O–H groups in total. The van der Waals surface area contributed by atoms with Gasteiger partial charge < -0.3 is 10.3 Å². The predicted molar refractivity (Wildman–Crippen MR) is 55.4 cm³/mol. The molecule has 1 aromatic rings. The molecule has 0 atom stereocenters. The van der Waals surface area contributed by atoms with Gasteiger partial charge >= 0.3 is 0 Å². The van der Waals surface area contributed by atoms with E-state index in [0.717, 1.165) is 11.4 Å². The van der Waals surface area contributed by atoms with Crippen molar-refractivity contribution in [1.29, 1.82) is 0 Å². The van der Waals surface area contributed by atoms with Crippen LogP contribution >= 0.6 is 0 Å². The molecule has 0 aliphatic carbocycles. The van der Waals surface area contributed by atoms with Gasteiger partial charge in [0.1, 0.15) is 0 Å². The molecule has 1 heterocycles. The number of allylic oxidation sites excluding steroid dienone is 1. The van der Waals surface area contributed by atoms with E-state index in [2.05, 4.69) is 10.3 Å². The van der Waals surface area contributed by atoms with Crippen molar-refractivity contribution < 1.29 is 0 Å². The molecular formula is C11H9N2-. The van der Waals surface area contributed by atoms with Crippen LogP contribution in [-0.4, -0.2) is 6.21 Å². The van der Waals surface area contributed by atoms with E-state index in [1.165, 1.54) is 0 Å². The first-order chi connectivity index (χ1) is 6.45. The molecule has 64 valence electrons. The van der Waals surface area contributed by atoms with Gasteiger partial charge in [-0.2, -0.15) is 0 Å². The molecule has 2 rings (SSSR count). The Morgan fingerprint density at radius 2 is 2.00 bits per heavy atom. The monoisotopic (exact) mass is 169 g/mol. The fraction of sp³-hybridized carbons (Fsp3) is 0. The third-order valence-corrected chi connectivity index (χ3v) is 1.68. The summed E-state index contributed by atoms with van der Waals surface area (Å²) in [5.41, 5.74) is 1.12. The van der Waals surface area contributed by atoms with Crippen LogP contribution in [0.3, 0.4) is 0 Å². The summed E-state index contributed by atoms with van der Waals surface area (Å²) in [5, 5.41) is 4.11. The summed E-state index contributed by atoms with van der Waals surface area (Å²) in [7, 11) is 0. The van der Waals surface area contributed by atoms with E-state index in [0.29, 0.717) is 0 Å². The molecule has 0 spiro atoms. The zero-order valence-electron chi connectivity index (χ0n) is 7.09. The fourth-order valence-corrected chi connectivity index (χ4v) is 1.08. The average molecular weight is 169 g/mol. The molecule has 0 aromatic heterocycles. The van der Waals surface area contributed by atoms with E-state index in [1.807, 2.05) is 42.5 Å². The van der Waals surface area contributed by atoms with Gasteiger partial charge in [0.05, 0.1) is 0 Å². The third-order valence-electron chi connectivity index (χ3n) is 1.68. The Balaban J connectivity index is 2.21. The first kappa shape index (κ1) is 7.80. The Hall–Kier alpha value is -1.83. The van der Waals surface area contributed by atoms with Gasteiger partial charge in [-0.1, -0.05) is 60.7 Å². The van der Waals surface area contributed by atoms with Crippen LogP contribution in [0.5, 0.6) is 0 Å². The molecule has 2 heteroatoms. The summed E-state index contributed by atoms with van der Waals surface area (Å²) in [6, 6.07) is 10.0. The second-order valence-electron chi connectivity index (χ2n) is 2.66. The van der Waals surface area contributed by atoms with Gasteiger partial charge in [0.25, 0.3) is 0 Å². The zero-order chi connectivity index (χ0) is 8.93. The standard InChI is InChI=1S/C11H9N2/c1-2-5-10(6-3-1)9-11-12-7-4-8-13-11/h1-9H/q-1. The van der Waals surface area contributed by atoms with E-state index < -0.39 is 0 Å². The van der Waals surface area contributed by atoms with Crippen LogP contribution in [0.4, 0.5) is 0 Å². The van der Waals surface area contributed by atoms with Gasteiger partial charge in [-0.05, 0) is 5.56 Å². The number of nitrogens with zero attached hydrogens (tertiary/aromatic N) is 2. The molecule has 1 aliphatic rings. The lowest BCUT2D eigenvalue weighted by atomic mass is 10.2. The highest BCUT2D eigenvalue weighted by molar-refractivity contribution is 5.77. The minimum absolute atomic E-state index is 0.744. The summed E-state index contributed by atoms with van der Waals surface area (Å²) in [5.74, 6) is 0.744. The summed E-state index contributed by atoms with van der Waals surface area (Å²) < 4.78 is 0. The lowest BCUT2D eigenvalue weighted by Gasteiger charge is -2.15. The van der Waals surface area contributed by atoms with Gasteiger partial charge in [-0.15, -0.1) is 0 Å². The number of aliphatic imine (C=N–C) groups is 1. The summed E-state index contributed by atoms with van der Waals surface area (Å²) >= 11 is 0. The van der Waals surface area contributed by atoms with Crippen LogP contribution in [0.15, 0.2) is 53.4 Å². The Kier molecular flexibility index (Phi) is 2.23. The van der Waals surface area contributed by atoms with Crippen LogP contribution < -0.4 is 0 Å². The van der Waals surface area contributed by atoms with Crippen molar-refractivity contribution in [3.05, 3.63) is 59.3 Å². The van der Waals surface area contributed by atoms with E-state index in [9.17, 15) is 0 Å². The Morgan fingerprint density at radius 3 is 2.69 bits per heavy atom. The van der Waals surface area contributed by atoms with E-state index in [1.54, 1.807) is 12.4 Å². The van der Waals surface area contributed by atoms with E-state index in [4.69, 9.17) is 0 Å². The van der Waals surface area contributed by atoms with E-state index >= 15 is 0 Å². The fourth-order valence-electron chi connectivity index (χ4n) is 1.08. The quantitative estimate of drug-likeness (QED) is 0.618. The number of benzene rings is 1. The Labute approximate surface area is 77.3 Å². The van der Waals surface area contributed by atoms with Crippen molar-refractivity contribution in [2.75, 3.05) is 0 Å². The van der Waals surface area contributed by atoms with Gasteiger partial charge in [-0.3, -0.25) is 0 Å². The second kappa shape index (κ2) is 3.72. The summed E-state index contributed by atoms with van der Waals surface area (Å²) in [4.78, 5) is 4.11.